The Kier molecular flexibility index (Phi) is 4.04. The topological polar surface area (TPSA) is 36.7 Å². The maximum atomic E-state index is 12.9. The summed E-state index contributed by atoms with van der Waals surface area (Å²) in [6, 6.07) is 2.32. The van der Waals surface area contributed by atoms with Crippen LogP contribution in [0.5, 0.6) is 0 Å². The van der Waals surface area contributed by atoms with Gasteiger partial charge in [-0.3, -0.25) is 4.90 Å². The van der Waals surface area contributed by atoms with Crippen molar-refractivity contribution in [2.24, 2.45) is 0 Å². The van der Waals surface area contributed by atoms with Crippen LogP contribution >= 0.6 is 0 Å². The molecule has 4 heteroatoms. The van der Waals surface area contributed by atoms with Crippen molar-refractivity contribution in [2.75, 3.05) is 31.1 Å². The Labute approximate surface area is 154 Å². The van der Waals surface area contributed by atoms with Gasteiger partial charge >= 0.3 is 5.63 Å². The first kappa shape index (κ1) is 16.4. The summed E-state index contributed by atoms with van der Waals surface area (Å²) in [6.45, 7) is 7.34. The Hall–Kier alpha value is -1.81. The monoisotopic (exact) mass is 352 g/mol. The summed E-state index contributed by atoms with van der Waals surface area (Å²) < 4.78 is 5.98. The second kappa shape index (κ2) is 6.41. The molecule has 0 amide bonds. The fraction of sp³-hybridized carbons (Fsp3) is 0.591. The normalized spacial score (nSPS) is 20.4. The van der Waals surface area contributed by atoms with Crippen molar-refractivity contribution in [1.82, 2.24) is 4.90 Å². The molecule has 1 aromatic heterocycles. The number of hydrogen-bond donors (Lipinski definition) is 0. The number of likely N-dealkylation sites (tertiary alicyclic amines) is 1. The zero-order chi connectivity index (χ0) is 17.7. The Morgan fingerprint density at radius 2 is 1.77 bits per heavy atom. The lowest BCUT2D eigenvalue weighted by Gasteiger charge is -2.37. The van der Waals surface area contributed by atoms with Crippen molar-refractivity contribution in [1.29, 1.82) is 0 Å². The third-order valence-corrected chi connectivity index (χ3v) is 6.60. The lowest BCUT2D eigenvalue weighted by atomic mass is 9.88. The molecule has 4 nitrogen and oxygen atoms in total. The van der Waals surface area contributed by atoms with Crippen LogP contribution in [0.15, 0.2) is 15.3 Å². The van der Waals surface area contributed by atoms with Crippen molar-refractivity contribution in [3.8, 4) is 0 Å². The van der Waals surface area contributed by atoms with Gasteiger partial charge in [-0.05, 0) is 75.7 Å². The number of rotatable bonds is 2. The molecular formula is C22H28N2O2. The summed E-state index contributed by atoms with van der Waals surface area (Å²) in [7, 11) is 0. The van der Waals surface area contributed by atoms with Crippen molar-refractivity contribution in [2.45, 2.75) is 58.4 Å². The molecule has 0 atom stereocenters. The lowest BCUT2D eigenvalue weighted by molar-refractivity contribution is 0.218. The van der Waals surface area contributed by atoms with Crippen LogP contribution in [-0.4, -0.2) is 31.1 Å². The van der Waals surface area contributed by atoms with Gasteiger partial charge < -0.3 is 9.32 Å². The van der Waals surface area contributed by atoms with Gasteiger partial charge in [-0.1, -0.05) is 6.42 Å². The SMILES string of the molecule is Cc1c(CN2CCCCC2)c(=O)oc2c3c4c(cc12)CCCN4CCC3. The molecule has 1 aromatic carbocycles. The maximum Gasteiger partial charge on any atom is 0.341 e. The molecule has 4 heterocycles. The lowest BCUT2D eigenvalue weighted by Crippen LogP contribution is -2.35. The van der Waals surface area contributed by atoms with E-state index < -0.39 is 0 Å². The highest BCUT2D eigenvalue weighted by Crippen LogP contribution is 2.40. The predicted molar refractivity (Wildman–Crippen MR) is 105 cm³/mol. The summed E-state index contributed by atoms with van der Waals surface area (Å²) >= 11 is 0. The van der Waals surface area contributed by atoms with Crippen LogP contribution in [0.2, 0.25) is 0 Å². The van der Waals surface area contributed by atoms with Gasteiger partial charge in [0.1, 0.15) is 5.58 Å². The van der Waals surface area contributed by atoms with Crippen LogP contribution in [-0.2, 0) is 19.4 Å². The fourth-order valence-corrected chi connectivity index (χ4v) is 5.22. The van der Waals surface area contributed by atoms with Gasteiger partial charge in [0.15, 0.2) is 0 Å². The molecule has 0 aliphatic carbocycles. The summed E-state index contributed by atoms with van der Waals surface area (Å²) in [6.07, 6.45) is 8.36. The number of fused-ring (bicyclic) bond motifs is 2. The number of aryl methyl sites for hydroxylation is 3. The van der Waals surface area contributed by atoms with E-state index in [1.54, 1.807) is 0 Å². The number of benzene rings is 1. The first-order chi connectivity index (χ1) is 12.7. The molecular weight excluding hydrogens is 324 g/mol. The number of hydrogen-bond acceptors (Lipinski definition) is 4. The fourth-order valence-electron chi connectivity index (χ4n) is 5.22. The molecule has 0 N–H and O–H groups in total. The van der Waals surface area contributed by atoms with Gasteiger partial charge in [0.05, 0.1) is 5.56 Å². The molecule has 0 radical (unpaired) electrons. The molecule has 2 aromatic rings. The van der Waals surface area contributed by atoms with E-state index >= 15 is 0 Å². The van der Waals surface area contributed by atoms with Gasteiger partial charge in [0.25, 0.3) is 0 Å². The molecule has 1 fully saturated rings. The second-order valence-corrected chi connectivity index (χ2v) is 8.26. The molecule has 0 bridgehead atoms. The van der Waals surface area contributed by atoms with Gasteiger partial charge in [-0.25, -0.2) is 4.79 Å². The van der Waals surface area contributed by atoms with Crippen molar-refractivity contribution < 1.29 is 4.42 Å². The highest BCUT2D eigenvalue weighted by Gasteiger charge is 2.28. The van der Waals surface area contributed by atoms with Gasteiger partial charge in [-0.2, -0.15) is 0 Å². The molecule has 26 heavy (non-hydrogen) atoms. The smallest absolute Gasteiger partial charge is 0.341 e. The average molecular weight is 352 g/mol. The van der Waals surface area contributed by atoms with Crippen molar-refractivity contribution in [3.05, 3.63) is 38.7 Å². The Morgan fingerprint density at radius 3 is 2.58 bits per heavy atom. The first-order valence-corrected chi connectivity index (χ1v) is 10.3. The van der Waals surface area contributed by atoms with Crippen molar-refractivity contribution in [3.63, 3.8) is 0 Å². The minimum Gasteiger partial charge on any atom is -0.422 e. The van der Waals surface area contributed by atoms with Crippen molar-refractivity contribution >= 4 is 16.7 Å². The van der Waals surface area contributed by atoms with Gasteiger partial charge in [-0.15, -0.1) is 0 Å². The van der Waals surface area contributed by atoms with E-state index in [9.17, 15) is 4.79 Å². The average Bonchev–Trinajstić information content (AvgIpc) is 2.67. The van der Waals surface area contributed by atoms with Gasteiger partial charge in [0, 0.05) is 36.3 Å². The van der Waals surface area contributed by atoms with Crippen LogP contribution in [0.3, 0.4) is 0 Å². The number of nitrogens with zero attached hydrogens (tertiary/aromatic N) is 2. The Morgan fingerprint density at radius 1 is 1.00 bits per heavy atom. The second-order valence-electron chi connectivity index (χ2n) is 8.26. The van der Waals surface area contributed by atoms with Crippen LogP contribution in [0.25, 0.3) is 11.0 Å². The largest absolute Gasteiger partial charge is 0.422 e. The van der Waals surface area contributed by atoms with Gasteiger partial charge in [0.2, 0.25) is 0 Å². The van der Waals surface area contributed by atoms with E-state index in [2.05, 4.69) is 22.8 Å². The maximum absolute atomic E-state index is 12.9. The predicted octanol–water partition coefficient (Wildman–Crippen LogP) is 3.79. The van der Waals surface area contributed by atoms with E-state index in [0.29, 0.717) is 0 Å². The molecule has 0 spiro atoms. The summed E-state index contributed by atoms with van der Waals surface area (Å²) in [5, 5.41) is 1.18. The molecule has 0 unspecified atom stereocenters. The van der Waals surface area contributed by atoms with E-state index in [1.807, 2.05) is 0 Å². The molecule has 138 valence electrons. The highest BCUT2D eigenvalue weighted by atomic mass is 16.4. The van der Waals surface area contributed by atoms with E-state index in [0.717, 1.165) is 68.7 Å². The summed E-state index contributed by atoms with van der Waals surface area (Å²) in [4.78, 5) is 17.8. The Bertz CT molecular complexity index is 907. The van der Waals surface area contributed by atoms with Crippen LogP contribution < -0.4 is 10.5 Å². The van der Waals surface area contributed by atoms with E-state index in [-0.39, 0.29) is 5.63 Å². The van der Waals surface area contributed by atoms with Crippen LogP contribution in [0, 0.1) is 6.92 Å². The van der Waals surface area contributed by atoms with E-state index in [4.69, 9.17) is 4.42 Å². The molecule has 3 aliphatic rings. The standard InChI is InChI=1S/C22H28N2O2/c1-15-18-13-16-7-5-11-24-12-6-8-17(20(16)24)21(18)26-22(25)19(15)14-23-9-3-2-4-10-23/h13H,2-12,14H2,1H3. The van der Waals surface area contributed by atoms with Crippen LogP contribution in [0.1, 0.15) is 54.4 Å². The van der Waals surface area contributed by atoms with E-state index in [1.165, 1.54) is 47.9 Å². The zero-order valence-electron chi connectivity index (χ0n) is 15.8. The molecule has 3 aliphatic heterocycles. The first-order valence-electron chi connectivity index (χ1n) is 10.3. The number of piperidine rings is 1. The third-order valence-electron chi connectivity index (χ3n) is 6.60. The summed E-state index contributed by atoms with van der Waals surface area (Å²) in [5.74, 6) is 0. The zero-order valence-corrected chi connectivity index (χ0v) is 15.8. The Balaban J connectivity index is 1.66. The summed E-state index contributed by atoms with van der Waals surface area (Å²) in [5.41, 5.74) is 6.87. The minimum absolute atomic E-state index is 0.121. The number of anilines is 1. The molecule has 1 saturated heterocycles. The molecule has 5 rings (SSSR count). The highest BCUT2D eigenvalue weighted by molar-refractivity contribution is 5.91. The quantitative estimate of drug-likeness (QED) is 0.771. The van der Waals surface area contributed by atoms with Crippen LogP contribution in [0.4, 0.5) is 5.69 Å². The minimum atomic E-state index is -0.121. The molecule has 0 saturated carbocycles. The third kappa shape index (κ3) is 2.58.